The Bertz CT molecular complexity index is 991. The van der Waals surface area contributed by atoms with Crippen molar-refractivity contribution in [2.75, 3.05) is 38.8 Å². The molecule has 1 aliphatic heterocycles. The van der Waals surface area contributed by atoms with Crippen LogP contribution >= 0.6 is 0 Å². The zero-order valence-electron chi connectivity index (χ0n) is 17.3. The molecule has 1 heterocycles. The van der Waals surface area contributed by atoms with E-state index in [0.717, 1.165) is 11.4 Å². The van der Waals surface area contributed by atoms with Crippen LogP contribution in [0.2, 0.25) is 0 Å². The third-order valence-corrected chi connectivity index (χ3v) is 6.31. The summed E-state index contributed by atoms with van der Waals surface area (Å²) < 4.78 is 43.7. The van der Waals surface area contributed by atoms with E-state index >= 15 is 0 Å². The number of nitrogens with one attached hydrogen (secondary N) is 1. The Kier molecular flexibility index (Phi) is 6.84. The van der Waals surface area contributed by atoms with Crippen molar-refractivity contribution in [1.29, 1.82) is 0 Å². The largest absolute Gasteiger partial charge is 0.494 e. The maximum absolute atomic E-state index is 12.7. The highest BCUT2D eigenvalue weighted by atomic mass is 32.2. The fourth-order valence-electron chi connectivity index (χ4n) is 3.35. The highest BCUT2D eigenvalue weighted by Crippen LogP contribution is 2.30. The monoisotopic (exact) mass is 434 g/mol. The second-order valence-corrected chi connectivity index (χ2v) is 8.64. The van der Waals surface area contributed by atoms with Crippen molar-refractivity contribution >= 4 is 21.6 Å². The Labute approximate surface area is 176 Å². The number of sulfonamides is 1. The molecule has 1 atom stereocenters. The summed E-state index contributed by atoms with van der Waals surface area (Å²) in [6.07, 6.45) is 0.279. The summed E-state index contributed by atoms with van der Waals surface area (Å²) in [5, 5.41) is 0. The average molecular weight is 435 g/mol. The molecule has 1 saturated heterocycles. The van der Waals surface area contributed by atoms with Gasteiger partial charge < -0.3 is 19.1 Å². The first-order valence-corrected chi connectivity index (χ1v) is 11.1. The third kappa shape index (κ3) is 4.85. The van der Waals surface area contributed by atoms with Gasteiger partial charge in [-0.1, -0.05) is 0 Å². The van der Waals surface area contributed by atoms with Crippen LogP contribution in [0.4, 0.5) is 5.69 Å². The second kappa shape index (κ2) is 9.36. The van der Waals surface area contributed by atoms with Crippen LogP contribution in [0.5, 0.6) is 17.2 Å². The predicted octanol–water partition coefficient (Wildman–Crippen LogP) is 2.43. The summed E-state index contributed by atoms with van der Waals surface area (Å²) in [7, 11) is -0.819. The fraction of sp³-hybridized carbons (Fsp3) is 0.381. The smallest absolute Gasteiger partial charge is 0.240 e. The van der Waals surface area contributed by atoms with Crippen LogP contribution < -0.4 is 23.8 Å². The highest BCUT2D eigenvalue weighted by Gasteiger charge is 2.31. The molecule has 0 radical (unpaired) electrons. The number of amides is 1. The van der Waals surface area contributed by atoms with E-state index in [1.807, 2.05) is 31.2 Å². The summed E-state index contributed by atoms with van der Waals surface area (Å²) in [6, 6.07) is 11.7. The van der Waals surface area contributed by atoms with E-state index in [2.05, 4.69) is 4.72 Å². The summed E-state index contributed by atoms with van der Waals surface area (Å²) in [5.41, 5.74) is 0.772. The Morgan fingerprint density at radius 2 is 1.77 bits per heavy atom. The Morgan fingerprint density at radius 3 is 2.40 bits per heavy atom. The van der Waals surface area contributed by atoms with Crippen molar-refractivity contribution in [1.82, 2.24) is 4.72 Å². The molecule has 1 fully saturated rings. The van der Waals surface area contributed by atoms with Gasteiger partial charge in [-0.05, 0) is 49.2 Å². The fourth-order valence-corrected chi connectivity index (χ4v) is 4.48. The van der Waals surface area contributed by atoms with Gasteiger partial charge in [-0.3, -0.25) is 4.79 Å². The lowest BCUT2D eigenvalue weighted by atomic mass is 10.1. The molecule has 0 aliphatic carbocycles. The number of carbonyl (C=O) groups excluding carboxylic acids is 1. The van der Waals surface area contributed by atoms with Gasteiger partial charge in [0.25, 0.3) is 0 Å². The van der Waals surface area contributed by atoms with Crippen LogP contribution in [0.1, 0.15) is 13.3 Å². The molecule has 1 amide bonds. The summed E-state index contributed by atoms with van der Waals surface area (Å²) >= 11 is 0. The van der Waals surface area contributed by atoms with E-state index < -0.39 is 10.0 Å². The molecule has 1 N–H and O–H groups in total. The maximum atomic E-state index is 12.7. The lowest BCUT2D eigenvalue weighted by Crippen LogP contribution is -2.31. The van der Waals surface area contributed by atoms with Crippen LogP contribution in [-0.2, 0) is 14.8 Å². The van der Waals surface area contributed by atoms with Gasteiger partial charge in [-0.25, -0.2) is 13.1 Å². The first-order valence-electron chi connectivity index (χ1n) is 9.63. The Hall–Kier alpha value is -2.78. The molecular weight excluding hydrogens is 408 g/mol. The van der Waals surface area contributed by atoms with E-state index in [1.54, 1.807) is 11.0 Å². The first-order chi connectivity index (χ1) is 14.4. The van der Waals surface area contributed by atoms with Gasteiger partial charge in [0, 0.05) is 31.3 Å². The number of anilines is 1. The van der Waals surface area contributed by atoms with Gasteiger partial charge in [0.05, 0.1) is 25.7 Å². The molecule has 3 rings (SSSR count). The first kappa shape index (κ1) is 21.9. The number of benzene rings is 2. The van der Waals surface area contributed by atoms with Crippen LogP contribution in [0.3, 0.4) is 0 Å². The molecule has 0 bridgehead atoms. The number of methoxy groups -OCH3 is 2. The topological polar surface area (TPSA) is 94.2 Å². The number of hydrogen-bond acceptors (Lipinski definition) is 6. The molecule has 9 heteroatoms. The van der Waals surface area contributed by atoms with E-state index in [4.69, 9.17) is 14.2 Å². The van der Waals surface area contributed by atoms with Crippen LogP contribution in [-0.4, -0.2) is 48.2 Å². The molecule has 2 aromatic carbocycles. The van der Waals surface area contributed by atoms with Gasteiger partial charge in [0.1, 0.15) is 5.75 Å². The molecule has 162 valence electrons. The molecule has 30 heavy (non-hydrogen) atoms. The van der Waals surface area contributed by atoms with Crippen LogP contribution in [0, 0.1) is 5.92 Å². The lowest BCUT2D eigenvalue weighted by molar-refractivity contribution is -0.117. The van der Waals surface area contributed by atoms with Crippen molar-refractivity contribution < 1.29 is 27.4 Å². The average Bonchev–Trinajstić information content (AvgIpc) is 3.13. The maximum Gasteiger partial charge on any atom is 0.240 e. The molecule has 8 nitrogen and oxygen atoms in total. The van der Waals surface area contributed by atoms with Crippen LogP contribution in [0.15, 0.2) is 47.4 Å². The van der Waals surface area contributed by atoms with Crippen molar-refractivity contribution in [3.8, 4) is 17.2 Å². The van der Waals surface area contributed by atoms with Gasteiger partial charge in [0.2, 0.25) is 15.9 Å². The molecule has 0 saturated carbocycles. The summed E-state index contributed by atoms with van der Waals surface area (Å²) in [4.78, 5) is 14.2. The van der Waals surface area contributed by atoms with E-state index in [9.17, 15) is 13.2 Å². The summed E-state index contributed by atoms with van der Waals surface area (Å²) in [5.74, 6) is 1.36. The lowest BCUT2D eigenvalue weighted by Gasteiger charge is -2.17. The number of nitrogens with zero attached hydrogens (tertiary/aromatic N) is 1. The van der Waals surface area contributed by atoms with Crippen molar-refractivity contribution in [2.45, 2.75) is 18.2 Å². The second-order valence-electron chi connectivity index (χ2n) is 6.87. The minimum Gasteiger partial charge on any atom is -0.494 e. The number of rotatable bonds is 9. The van der Waals surface area contributed by atoms with Crippen molar-refractivity contribution in [2.24, 2.45) is 5.92 Å². The van der Waals surface area contributed by atoms with Crippen molar-refractivity contribution in [3.63, 3.8) is 0 Å². The van der Waals surface area contributed by atoms with E-state index in [0.29, 0.717) is 24.7 Å². The van der Waals surface area contributed by atoms with Crippen LogP contribution in [0.25, 0.3) is 0 Å². The van der Waals surface area contributed by atoms with E-state index in [1.165, 1.54) is 26.4 Å². The molecule has 0 aromatic heterocycles. The molecule has 1 aliphatic rings. The highest BCUT2D eigenvalue weighted by molar-refractivity contribution is 7.89. The molecule has 0 spiro atoms. The standard InChI is InChI=1S/C21H26N2O6S/c1-4-29-17-7-5-16(6-8-17)23-14-15(11-21(23)24)13-22-30(25,26)18-9-10-19(27-2)20(12-18)28-3/h5-10,12,15,22H,4,11,13-14H2,1-3H3. The van der Waals surface area contributed by atoms with Crippen molar-refractivity contribution in [3.05, 3.63) is 42.5 Å². The number of carbonyl (C=O) groups is 1. The normalized spacial score (nSPS) is 16.6. The van der Waals surface area contributed by atoms with Gasteiger partial charge in [-0.15, -0.1) is 0 Å². The SMILES string of the molecule is CCOc1ccc(N2CC(CNS(=O)(=O)c3ccc(OC)c(OC)c3)CC2=O)cc1. The molecule has 1 unspecified atom stereocenters. The minimum absolute atomic E-state index is 0.0329. The number of hydrogen-bond donors (Lipinski definition) is 1. The zero-order valence-corrected chi connectivity index (χ0v) is 18.1. The van der Waals surface area contributed by atoms with Gasteiger partial charge >= 0.3 is 0 Å². The number of ether oxygens (including phenoxy) is 3. The summed E-state index contributed by atoms with van der Waals surface area (Å²) in [6.45, 7) is 3.09. The predicted molar refractivity (Wildman–Crippen MR) is 113 cm³/mol. The Balaban J connectivity index is 1.64. The Morgan fingerprint density at radius 1 is 1.07 bits per heavy atom. The van der Waals surface area contributed by atoms with Gasteiger partial charge in [-0.2, -0.15) is 0 Å². The third-order valence-electron chi connectivity index (χ3n) is 4.89. The van der Waals surface area contributed by atoms with Gasteiger partial charge in [0.15, 0.2) is 11.5 Å². The molecular formula is C21H26N2O6S. The zero-order chi connectivity index (χ0) is 21.7. The van der Waals surface area contributed by atoms with E-state index in [-0.39, 0.29) is 29.7 Å². The molecule has 2 aromatic rings. The minimum atomic E-state index is -3.75. The quantitative estimate of drug-likeness (QED) is 0.652.